The Hall–Kier alpha value is -1.44. The van der Waals surface area contributed by atoms with E-state index in [4.69, 9.17) is 5.26 Å². The van der Waals surface area contributed by atoms with Crippen LogP contribution in [-0.2, 0) is 16.6 Å². The van der Waals surface area contributed by atoms with Crippen molar-refractivity contribution in [1.29, 1.82) is 5.26 Å². The second kappa shape index (κ2) is 5.06. The number of thiophene rings is 1. The van der Waals surface area contributed by atoms with Gasteiger partial charge in [0.05, 0.1) is 32.4 Å². The van der Waals surface area contributed by atoms with Crippen molar-refractivity contribution in [2.45, 2.75) is 9.96 Å². The van der Waals surface area contributed by atoms with Gasteiger partial charge in [0.1, 0.15) is 0 Å². The molecule has 0 N–H and O–H groups in total. The zero-order valence-corrected chi connectivity index (χ0v) is 10.1. The van der Waals surface area contributed by atoms with E-state index >= 15 is 0 Å². The van der Waals surface area contributed by atoms with E-state index in [1.165, 1.54) is 11.3 Å². The fourth-order valence-electron chi connectivity index (χ4n) is 1.36. The van der Waals surface area contributed by atoms with Crippen LogP contribution >= 0.6 is 11.3 Å². The summed E-state index contributed by atoms with van der Waals surface area (Å²) in [6, 6.07) is 13.1. The molecule has 1 aromatic carbocycles. The van der Waals surface area contributed by atoms with Crippen molar-refractivity contribution < 1.29 is 4.21 Å². The Morgan fingerprint density at radius 1 is 1.25 bits per heavy atom. The minimum Gasteiger partial charge on any atom is -0.253 e. The number of nitriles is 1. The van der Waals surface area contributed by atoms with Gasteiger partial charge in [-0.3, -0.25) is 4.21 Å². The van der Waals surface area contributed by atoms with Gasteiger partial charge in [-0.2, -0.15) is 5.26 Å². The van der Waals surface area contributed by atoms with Gasteiger partial charge in [0.15, 0.2) is 0 Å². The Balaban J connectivity index is 2.22. The van der Waals surface area contributed by atoms with E-state index in [1.807, 2.05) is 35.7 Å². The lowest BCUT2D eigenvalue weighted by Crippen LogP contribution is -1.96. The van der Waals surface area contributed by atoms with Crippen LogP contribution in [0.15, 0.2) is 46.0 Å². The van der Waals surface area contributed by atoms with Crippen molar-refractivity contribution >= 4 is 22.1 Å². The number of hydrogen-bond donors (Lipinski definition) is 0. The van der Waals surface area contributed by atoms with Crippen molar-refractivity contribution in [1.82, 2.24) is 0 Å². The second-order valence-electron chi connectivity index (χ2n) is 3.19. The van der Waals surface area contributed by atoms with Crippen molar-refractivity contribution in [3.63, 3.8) is 0 Å². The number of rotatable bonds is 3. The largest absolute Gasteiger partial charge is 0.253 e. The molecule has 2 nitrogen and oxygen atoms in total. The molecule has 4 heteroatoms. The standard InChI is InChI=1S/C12H9NOS2/c13-8-10-4-1-2-5-11(10)9-16(14)12-6-3-7-15-12/h1-7H,9H2. The van der Waals surface area contributed by atoms with E-state index in [-0.39, 0.29) is 0 Å². The maximum absolute atomic E-state index is 12.0. The minimum atomic E-state index is -1.05. The molecule has 80 valence electrons. The molecule has 2 aromatic rings. The molecule has 0 aliphatic heterocycles. The van der Waals surface area contributed by atoms with E-state index < -0.39 is 10.8 Å². The molecular formula is C12H9NOS2. The predicted octanol–water partition coefficient (Wildman–Crippen LogP) is 2.93. The average molecular weight is 247 g/mol. The molecule has 0 saturated carbocycles. The van der Waals surface area contributed by atoms with E-state index in [0.717, 1.165) is 9.77 Å². The van der Waals surface area contributed by atoms with Crippen LogP contribution in [0.4, 0.5) is 0 Å². The van der Waals surface area contributed by atoms with Crippen LogP contribution in [0.5, 0.6) is 0 Å². The van der Waals surface area contributed by atoms with Gasteiger partial charge >= 0.3 is 0 Å². The third-order valence-electron chi connectivity index (χ3n) is 2.14. The SMILES string of the molecule is N#Cc1ccccc1CS(=O)c1cccs1. The molecule has 0 aliphatic carbocycles. The van der Waals surface area contributed by atoms with Gasteiger partial charge in [0.25, 0.3) is 0 Å². The molecule has 0 radical (unpaired) electrons. The summed E-state index contributed by atoms with van der Waals surface area (Å²) >= 11 is 1.48. The van der Waals surface area contributed by atoms with Gasteiger partial charge in [0.2, 0.25) is 0 Å². The molecule has 0 bridgehead atoms. The molecule has 0 fully saturated rings. The maximum atomic E-state index is 12.0. The van der Waals surface area contributed by atoms with Crippen LogP contribution in [0.2, 0.25) is 0 Å². The van der Waals surface area contributed by atoms with Crippen LogP contribution < -0.4 is 0 Å². The summed E-state index contributed by atoms with van der Waals surface area (Å²) in [5, 5.41) is 10.8. The third kappa shape index (κ3) is 2.38. The van der Waals surface area contributed by atoms with Gasteiger partial charge in [0, 0.05) is 0 Å². The van der Waals surface area contributed by atoms with E-state index in [1.54, 1.807) is 6.07 Å². The highest BCUT2D eigenvalue weighted by Gasteiger charge is 2.08. The lowest BCUT2D eigenvalue weighted by Gasteiger charge is -2.02. The first-order chi connectivity index (χ1) is 7.81. The Kier molecular flexibility index (Phi) is 3.50. The molecule has 0 spiro atoms. The highest BCUT2D eigenvalue weighted by Crippen LogP contribution is 2.19. The number of hydrogen-bond acceptors (Lipinski definition) is 3. The van der Waals surface area contributed by atoms with Gasteiger partial charge in [-0.25, -0.2) is 0 Å². The quantitative estimate of drug-likeness (QED) is 0.836. The first-order valence-corrected chi connectivity index (χ1v) is 6.91. The summed E-state index contributed by atoms with van der Waals surface area (Å²) in [7, 11) is -1.05. The second-order valence-corrected chi connectivity index (χ2v) is 5.82. The van der Waals surface area contributed by atoms with Crippen LogP contribution in [0.25, 0.3) is 0 Å². The van der Waals surface area contributed by atoms with Gasteiger partial charge in [-0.05, 0) is 23.1 Å². The molecular weight excluding hydrogens is 238 g/mol. The highest BCUT2D eigenvalue weighted by atomic mass is 32.2. The Morgan fingerprint density at radius 3 is 2.75 bits per heavy atom. The van der Waals surface area contributed by atoms with Crippen molar-refractivity contribution in [2.24, 2.45) is 0 Å². The zero-order valence-electron chi connectivity index (χ0n) is 8.42. The summed E-state index contributed by atoms with van der Waals surface area (Å²) in [5.74, 6) is 0.407. The summed E-state index contributed by atoms with van der Waals surface area (Å²) in [4.78, 5) is 0. The van der Waals surface area contributed by atoms with Crippen molar-refractivity contribution in [3.8, 4) is 6.07 Å². The van der Waals surface area contributed by atoms with Gasteiger partial charge in [-0.15, -0.1) is 11.3 Å². The Bertz CT molecular complexity index is 540. The molecule has 2 rings (SSSR count). The average Bonchev–Trinajstić information content (AvgIpc) is 2.83. The molecule has 16 heavy (non-hydrogen) atoms. The first kappa shape index (κ1) is 11.1. The van der Waals surface area contributed by atoms with Gasteiger partial charge in [-0.1, -0.05) is 24.3 Å². The summed E-state index contributed by atoms with van der Waals surface area (Å²) in [6.07, 6.45) is 0. The fraction of sp³-hybridized carbons (Fsp3) is 0.0833. The van der Waals surface area contributed by atoms with Crippen molar-refractivity contribution in [2.75, 3.05) is 0 Å². The minimum absolute atomic E-state index is 0.407. The number of benzene rings is 1. The maximum Gasteiger partial charge on any atom is 0.0994 e. The van der Waals surface area contributed by atoms with Crippen LogP contribution in [0.3, 0.4) is 0 Å². The normalized spacial score (nSPS) is 11.9. The van der Waals surface area contributed by atoms with Gasteiger partial charge < -0.3 is 0 Å². The van der Waals surface area contributed by atoms with Crippen LogP contribution in [0, 0.1) is 11.3 Å². The Labute approximate surface area is 101 Å². The lowest BCUT2D eigenvalue weighted by molar-refractivity contribution is 0.684. The molecule has 0 aliphatic rings. The first-order valence-electron chi connectivity index (χ1n) is 4.71. The molecule has 1 heterocycles. The van der Waals surface area contributed by atoms with E-state index in [9.17, 15) is 4.21 Å². The third-order valence-corrected chi connectivity index (χ3v) is 4.81. The van der Waals surface area contributed by atoms with E-state index in [2.05, 4.69) is 6.07 Å². The fourth-order valence-corrected chi connectivity index (χ4v) is 3.49. The highest BCUT2D eigenvalue weighted by molar-refractivity contribution is 7.86. The topological polar surface area (TPSA) is 40.9 Å². The van der Waals surface area contributed by atoms with E-state index in [0.29, 0.717) is 11.3 Å². The lowest BCUT2D eigenvalue weighted by atomic mass is 10.1. The summed E-state index contributed by atoms with van der Waals surface area (Å²) in [5.41, 5.74) is 1.45. The van der Waals surface area contributed by atoms with Crippen LogP contribution in [0.1, 0.15) is 11.1 Å². The molecule has 1 atom stereocenters. The summed E-state index contributed by atoms with van der Waals surface area (Å²) < 4.78 is 12.8. The molecule has 0 amide bonds. The molecule has 1 aromatic heterocycles. The van der Waals surface area contributed by atoms with Crippen molar-refractivity contribution in [3.05, 3.63) is 52.9 Å². The Morgan fingerprint density at radius 2 is 2.06 bits per heavy atom. The monoisotopic (exact) mass is 247 g/mol. The molecule has 0 saturated heterocycles. The summed E-state index contributed by atoms with van der Waals surface area (Å²) in [6.45, 7) is 0. The van der Waals surface area contributed by atoms with Crippen LogP contribution in [-0.4, -0.2) is 4.21 Å². The number of nitrogens with zero attached hydrogens (tertiary/aromatic N) is 1. The predicted molar refractivity (Wildman–Crippen MR) is 65.6 cm³/mol. The smallest absolute Gasteiger partial charge is 0.0994 e. The zero-order chi connectivity index (χ0) is 11.4. The molecule has 1 unspecified atom stereocenters.